The molecule has 0 aliphatic carbocycles. The van der Waals surface area contributed by atoms with Crippen LogP contribution in [0.5, 0.6) is 0 Å². The second-order valence-electron chi connectivity index (χ2n) is 5.02. The summed E-state index contributed by atoms with van der Waals surface area (Å²) in [5, 5.41) is 0. The molecule has 0 amide bonds. The third-order valence-corrected chi connectivity index (χ3v) is 3.37. The highest BCUT2D eigenvalue weighted by Gasteiger charge is 2.10. The summed E-state index contributed by atoms with van der Waals surface area (Å²) in [6.45, 7) is 6.01. The molecule has 3 rings (SSSR count). The van der Waals surface area contributed by atoms with Gasteiger partial charge in [-0.2, -0.15) is 0 Å². The number of aryl methyl sites for hydroxylation is 3. The number of aromatic nitrogens is 2. The first-order valence-electron chi connectivity index (χ1n) is 6.28. The predicted molar refractivity (Wildman–Crippen MR) is 75.7 cm³/mol. The normalized spacial score (nSPS) is 11.2. The minimum Gasteiger partial charge on any atom is -0.338 e. The van der Waals surface area contributed by atoms with Gasteiger partial charge in [-0.15, -0.1) is 0 Å². The van der Waals surface area contributed by atoms with Crippen LogP contribution in [0.3, 0.4) is 0 Å². The molecule has 19 heavy (non-hydrogen) atoms. The second kappa shape index (κ2) is 4.19. The van der Waals surface area contributed by atoms with Gasteiger partial charge in [0.1, 0.15) is 11.6 Å². The number of benzene rings is 2. The van der Waals surface area contributed by atoms with Crippen molar-refractivity contribution in [2.75, 3.05) is 0 Å². The standard InChI is InChI=1S/C16H15FN2/c1-9-6-11(3)15-14(7-9)18-16(19-15)13-5-4-12(17)8-10(13)2/h4-8H,1-3H3,(H,18,19). The Morgan fingerprint density at radius 2 is 1.79 bits per heavy atom. The molecule has 0 fully saturated rings. The summed E-state index contributed by atoms with van der Waals surface area (Å²) >= 11 is 0. The van der Waals surface area contributed by atoms with E-state index in [9.17, 15) is 4.39 Å². The topological polar surface area (TPSA) is 28.7 Å². The summed E-state index contributed by atoms with van der Waals surface area (Å²) in [5.74, 6) is 0.575. The van der Waals surface area contributed by atoms with Gasteiger partial charge in [-0.25, -0.2) is 9.37 Å². The van der Waals surface area contributed by atoms with Gasteiger partial charge in [0.15, 0.2) is 0 Å². The summed E-state index contributed by atoms with van der Waals surface area (Å²) in [6, 6.07) is 8.96. The number of aromatic amines is 1. The summed E-state index contributed by atoms with van der Waals surface area (Å²) in [7, 11) is 0. The molecule has 96 valence electrons. The molecule has 0 aliphatic heterocycles. The van der Waals surface area contributed by atoms with Crippen LogP contribution in [0.15, 0.2) is 30.3 Å². The fourth-order valence-corrected chi connectivity index (χ4v) is 2.49. The minimum atomic E-state index is -0.218. The molecule has 3 aromatic rings. The lowest BCUT2D eigenvalue weighted by atomic mass is 10.1. The van der Waals surface area contributed by atoms with E-state index in [0.29, 0.717) is 0 Å². The van der Waals surface area contributed by atoms with Crippen LogP contribution >= 0.6 is 0 Å². The van der Waals surface area contributed by atoms with Crippen molar-refractivity contribution in [2.45, 2.75) is 20.8 Å². The molecule has 0 atom stereocenters. The smallest absolute Gasteiger partial charge is 0.138 e. The lowest BCUT2D eigenvalue weighted by molar-refractivity contribution is 0.627. The van der Waals surface area contributed by atoms with Gasteiger partial charge in [0.2, 0.25) is 0 Å². The van der Waals surface area contributed by atoms with Crippen LogP contribution in [0.25, 0.3) is 22.4 Å². The van der Waals surface area contributed by atoms with Gasteiger partial charge in [-0.3, -0.25) is 0 Å². The summed E-state index contributed by atoms with van der Waals surface area (Å²) in [4.78, 5) is 7.96. The molecule has 1 aromatic heterocycles. The fraction of sp³-hybridized carbons (Fsp3) is 0.188. The van der Waals surface area contributed by atoms with Crippen molar-refractivity contribution >= 4 is 11.0 Å². The van der Waals surface area contributed by atoms with Gasteiger partial charge < -0.3 is 4.98 Å². The minimum absolute atomic E-state index is 0.218. The number of nitrogens with zero attached hydrogens (tertiary/aromatic N) is 1. The first kappa shape index (κ1) is 11.9. The highest BCUT2D eigenvalue weighted by atomic mass is 19.1. The van der Waals surface area contributed by atoms with Crippen LogP contribution < -0.4 is 0 Å². The van der Waals surface area contributed by atoms with Crippen molar-refractivity contribution in [2.24, 2.45) is 0 Å². The molecule has 0 aliphatic rings. The van der Waals surface area contributed by atoms with E-state index in [-0.39, 0.29) is 5.82 Å². The van der Waals surface area contributed by atoms with E-state index in [1.54, 1.807) is 6.07 Å². The van der Waals surface area contributed by atoms with Crippen molar-refractivity contribution < 1.29 is 4.39 Å². The van der Waals surface area contributed by atoms with E-state index >= 15 is 0 Å². The van der Waals surface area contributed by atoms with Gasteiger partial charge in [0, 0.05) is 5.56 Å². The Bertz CT molecular complexity index is 772. The van der Waals surface area contributed by atoms with Gasteiger partial charge in [-0.05, 0) is 61.7 Å². The van der Waals surface area contributed by atoms with Gasteiger partial charge >= 0.3 is 0 Å². The molecule has 0 radical (unpaired) electrons. The Morgan fingerprint density at radius 1 is 1.00 bits per heavy atom. The van der Waals surface area contributed by atoms with Crippen molar-refractivity contribution in [1.82, 2.24) is 9.97 Å². The maximum Gasteiger partial charge on any atom is 0.138 e. The summed E-state index contributed by atoms with van der Waals surface area (Å²) < 4.78 is 13.2. The van der Waals surface area contributed by atoms with Gasteiger partial charge in [-0.1, -0.05) is 6.07 Å². The molecule has 2 nitrogen and oxygen atoms in total. The maximum absolute atomic E-state index is 13.2. The SMILES string of the molecule is Cc1cc(C)c2nc(-c3ccc(F)cc3C)[nH]c2c1. The number of halogens is 1. The zero-order chi connectivity index (χ0) is 13.6. The first-order chi connectivity index (χ1) is 9.04. The highest BCUT2D eigenvalue weighted by molar-refractivity contribution is 5.83. The molecule has 0 saturated carbocycles. The lowest BCUT2D eigenvalue weighted by Gasteiger charge is -2.01. The zero-order valence-electron chi connectivity index (χ0n) is 11.2. The van der Waals surface area contributed by atoms with Crippen LogP contribution in [0.1, 0.15) is 16.7 Å². The van der Waals surface area contributed by atoms with Crippen LogP contribution in [0, 0.1) is 26.6 Å². The number of nitrogens with one attached hydrogen (secondary N) is 1. The molecule has 0 unspecified atom stereocenters. The van der Waals surface area contributed by atoms with E-state index in [1.165, 1.54) is 17.7 Å². The Labute approximate surface area is 111 Å². The number of fused-ring (bicyclic) bond motifs is 1. The average Bonchev–Trinajstić information content (AvgIpc) is 2.72. The van der Waals surface area contributed by atoms with Gasteiger partial charge in [0.05, 0.1) is 11.0 Å². The molecular formula is C16H15FN2. The van der Waals surface area contributed by atoms with Gasteiger partial charge in [0.25, 0.3) is 0 Å². The third-order valence-electron chi connectivity index (χ3n) is 3.37. The van der Waals surface area contributed by atoms with Crippen LogP contribution in [0.4, 0.5) is 4.39 Å². The second-order valence-corrected chi connectivity index (χ2v) is 5.02. The Balaban J connectivity index is 2.23. The zero-order valence-corrected chi connectivity index (χ0v) is 11.2. The lowest BCUT2D eigenvalue weighted by Crippen LogP contribution is -1.86. The molecule has 3 heteroatoms. The number of hydrogen-bond donors (Lipinski definition) is 1. The van der Waals surface area contributed by atoms with Crippen LogP contribution in [-0.4, -0.2) is 9.97 Å². The molecule has 1 N–H and O–H groups in total. The molecular weight excluding hydrogens is 239 g/mol. The number of rotatable bonds is 1. The largest absolute Gasteiger partial charge is 0.338 e. The van der Waals surface area contributed by atoms with Crippen LogP contribution in [-0.2, 0) is 0 Å². The van der Waals surface area contributed by atoms with E-state index in [0.717, 1.165) is 33.5 Å². The molecule has 0 spiro atoms. The predicted octanol–water partition coefficient (Wildman–Crippen LogP) is 4.29. The molecule has 0 bridgehead atoms. The monoisotopic (exact) mass is 254 g/mol. The number of hydrogen-bond acceptors (Lipinski definition) is 1. The van der Waals surface area contributed by atoms with Crippen molar-refractivity contribution in [1.29, 1.82) is 0 Å². The Morgan fingerprint density at radius 3 is 2.53 bits per heavy atom. The molecule has 2 aromatic carbocycles. The average molecular weight is 254 g/mol. The van der Waals surface area contributed by atoms with Crippen molar-refractivity contribution in [3.05, 3.63) is 52.8 Å². The Kier molecular flexibility index (Phi) is 2.63. The van der Waals surface area contributed by atoms with Crippen molar-refractivity contribution in [3.8, 4) is 11.4 Å². The molecule has 0 saturated heterocycles. The van der Waals surface area contributed by atoms with Crippen molar-refractivity contribution in [3.63, 3.8) is 0 Å². The van der Waals surface area contributed by atoms with E-state index in [2.05, 4.69) is 35.9 Å². The number of H-pyrrole nitrogens is 1. The van der Waals surface area contributed by atoms with Crippen LogP contribution in [0.2, 0.25) is 0 Å². The summed E-state index contributed by atoms with van der Waals surface area (Å²) in [6.07, 6.45) is 0. The fourth-order valence-electron chi connectivity index (χ4n) is 2.49. The quantitative estimate of drug-likeness (QED) is 0.689. The summed E-state index contributed by atoms with van der Waals surface area (Å²) in [5.41, 5.74) is 6.18. The number of imidazole rings is 1. The maximum atomic E-state index is 13.2. The van der Waals surface area contributed by atoms with E-state index in [1.807, 2.05) is 6.92 Å². The molecule has 1 heterocycles. The highest BCUT2D eigenvalue weighted by Crippen LogP contribution is 2.26. The van der Waals surface area contributed by atoms with E-state index < -0.39 is 0 Å². The first-order valence-corrected chi connectivity index (χ1v) is 6.28. The Hall–Kier alpha value is -2.16. The third kappa shape index (κ3) is 2.01. The van der Waals surface area contributed by atoms with E-state index in [4.69, 9.17) is 0 Å².